The molecule has 208 valence electrons. The zero-order valence-corrected chi connectivity index (χ0v) is 22.1. The number of carbonyl (C=O) groups excluding carboxylic acids is 2. The minimum absolute atomic E-state index is 0. The lowest BCUT2D eigenvalue weighted by Crippen LogP contribution is -3.00. The van der Waals surface area contributed by atoms with Gasteiger partial charge >= 0.3 is 7.54 Å². The predicted octanol–water partition coefficient (Wildman–Crippen LogP) is -0.157. The summed E-state index contributed by atoms with van der Waals surface area (Å²) >= 11 is 8.08. The molecule has 2 N–H and O–H groups in total. The second-order valence-electron chi connectivity index (χ2n) is 6.40. The van der Waals surface area contributed by atoms with Crippen molar-refractivity contribution in [2.24, 2.45) is 9.98 Å². The zero-order chi connectivity index (χ0) is 25.8. The molecule has 0 aromatic carbocycles. The SMILES string of the molecule is C.CCOC1=NCC(C)=N[C@H]1CS.CC[O+](CC)CC.FB(F)F.O=C1CNC(=O)[C@H](CS)N1.[F-]. The van der Waals surface area contributed by atoms with Crippen LogP contribution in [0.1, 0.15) is 42.0 Å². The number of amides is 2. The highest BCUT2D eigenvalue weighted by Crippen LogP contribution is 2.06. The molecule has 2 rings (SSSR count). The molecule has 1 fully saturated rings. The van der Waals surface area contributed by atoms with E-state index in [0.29, 0.717) is 24.7 Å². The van der Waals surface area contributed by atoms with Crippen molar-refractivity contribution >= 4 is 56.2 Å². The molecular formula is C20H41BF4N4O4S2. The summed E-state index contributed by atoms with van der Waals surface area (Å²) < 4.78 is 37.4. The molecule has 2 atom stereocenters. The van der Waals surface area contributed by atoms with E-state index in [1.54, 1.807) is 0 Å². The Kier molecular flexibility index (Phi) is 29.8. The fourth-order valence-electron chi connectivity index (χ4n) is 2.41. The van der Waals surface area contributed by atoms with E-state index in [-0.39, 0.29) is 36.5 Å². The van der Waals surface area contributed by atoms with E-state index in [4.69, 9.17) is 4.74 Å². The van der Waals surface area contributed by atoms with Gasteiger partial charge in [0.1, 0.15) is 31.9 Å². The van der Waals surface area contributed by atoms with Gasteiger partial charge in [-0.25, -0.2) is 4.99 Å². The summed E-state index contributed by atoms with van der Waals surface area (Å²) in [6.07, 6.45) is 0. The Morgan fingerprint density at radius 3 is 1.94 bits per heavy atom. The molecule has 15 heteroatoms. The molecule has 2 heterocycles. The molecule has 2 aliphatic heterocycles. The predicted molar refractivity (Wildman–Crippen MR) is 142 cm³/mol. The van der Waals surface area contributed by atoms with Gasteiger partial charge in [0.05, 0.1) is 19.7 Å². The third kappa shape index (κ3) is 21.5. The number of thiol groups is 2. The van der Waals surface area contributed by atoms with Crippen LogP contribution in [0.4, 0.5) is 12.9 Å². The maximum atomic E-state index is 10.8. The minimum Gasteiger partial charge on any atom is -1.00 e. The van der Waals surface area contributed by atoms with E-state index in [9.17, 15) is 22.5 Å². The van der Waals surface area contributed by atoms with Gasteiger partial charge in [-0.1, -0.05) is 7.43 Å². The quantitative estimate of drug-likeness (QED) is 0.160. The number of nitrogens with one attached hydrogen (secondary N) is 2. The average Bonchev–Trinajstić information content (AvgIpc) is 2.78. The van der Waals surface area contributed by atoms with Crippen LogP contribution < -0.4 is 15.3 Å². The number of rotatable bonds is 6. The summed E-state index contributed by atoms with van der Waals surface area (Å²) in [7, 11) is -3.67. The Hall–Kier alpha value is -1.48. The summed E-state index contributed by atoms with van der Waals surface area (Å²) in [5, 5.41) is 4.92. The molecule has 1 saturated heterocycles. The first-order chi connectivity index (χ1) is 15.6. The summed E-state index contributed by atoms with van der Waals surface area (Å²) in [5.74, 6) is 1.43. The summed E-state index contributed by atoms with van der Waals surface area (Å²) in [4.78, 5) is 30.1. The number of piperazine rings is 1. The van der Waals surface area contributed by atoms with Crippen molar-refractivity contribution in [3.63, 3.8) is 0 Å². The van der Waals surface area contributed by atoms with Gasteiger partial charge in [-0.05, 0) is 13.8 Å². The molecule has 35 heavy (non-hydrogen) atoms. The van der Waals surface area contributed by atoms with Gasteiger partial charge in [0.2, 0.25) is 17.7 Å². The Labute approximate surface area is 218 Å². The first-order valence-electron chi connectivity index (χ1n) is 10.6. The molecule has 0 aromatic rings. The second kappa shape index (κ2) is 25.6. The molecule has 0 radical (unpaired) electrons. The van der Waals surface area contributed by atoms with E-state index in [1.165, 1.54) is 0 Å². The molecule has 0 spiro atoms. The molecule has 2 amide bonds. The number of nitrogens with zero attached hydrogens (tertiary/aromatic N) is 2. The van der Waals surface area contributed by atoms with Crippen LogP contribution in [0.5, 0.6) is 0 Å². The average molecular weight is 553 g/mol. The maximum Gasteiger partial charge on any atom is 0.762 e. The van der Waals surface area contributed by atoms with Gasteiger partial charge in [-0.2, -0.15) is 25.3 Å². The van der Waals surface area contributed by atoms with E-state index in [1.807, 2.05) is 13.8 Å². The van der Waals surface area contributed by atoms with Crippen LogP contribution in [0.25, 0.3) is 0 Å². The molecule has 0 aromatic heterocycles. The van der Waals surface area contributed by atoms with Gasteiger partial charge in [-0.15, -0.1) is 0 Å². The fourth-order valence-corrected chi connectivity index (χ4v) is 2.91. The second-order valence-corrected chi connectivity index (χ2v) is 7.13. The summed E-state index contributed by atoms with van der Waals surface area (Å²) in [6.45, 7) is 15.1. The molecule has 0 bridgehead atoms. The molecule has 2 aliphatic rings. The van der Waals surface area contributed by atoms with Gasteiger partial charge in [0.15, 0.2) is 0 Å². The third-order valence-corrected chi connectivity index (χ3v) is 4.78. The molecule has 0 aliphatic carbocycles. The van der Waals surface area contributed by atoms with Gasteiger partial charge in [-0.3, -0.25) is 27.5 Å². The van der Waals surface area contributed by atoms with Crippen LogP contribution >= 0.6 is 25.3 Å². The number of halogens is 4. The van der Waals surface area contributed by atoms with Gasteiger partial charge in [0.25, 0.3) is 0 Å². The molecule has 0 unspecified atom stereocenters. The largest absolute Gasteiger partial charge is 1.00 e. The van der Waals surface area contributed by atoms with Crippen LogP contribution in [0.2, 0.25) is 0 Å². The minimum atomic E-state index is -3.67. The van der Waals surface area contributed by atoms with Gasteiger partial charge in [0, 0.05) is 38.0 Å². The number of hydrogen-bond acceptors (Lipinski definition) is 7. The molecule has 8 nitrogen and oxygen atoms in total. The van der Waals surface area contributed by atoms with Crippen LogP contribution in [0, 0.1) is 0 Å². The maximum absolute atomic E-state index is 10.8. The van der Waals surface area contributed by atoms with Crippen molar-refractivity contribution in [2.75, 3.05) is 51.0 Å². The summed E-state index contributed by atoms with van der Waals surface area (Å²) in [6, 6.07) is -0.424. The van der Waals surface area contributed by atoms with Crippen LogP contribution in [0.15, 0.2) is 9.98 Å². The van der Waals surface area contributed by atoms with Crippen molar-refractivity contribution in [3.05, 3.63) is 0 Å². The van der Waals surface area contributed by atoms with Crippen LogP contribution in [0.3, 0.4) is 0 Å². The van der Waals surface area contributed by atoms with Crippen molar-refractivity contribution in [2.45, 2.75) is 54.1 Å². The summed E-state index contributed by atoms with van der Waals surface area (Å²) in [5.41, 5.74) is 1.05. The number of aliphatic imine (C=N–C) groups is 2. The Morgan fingerprint density at radius 1 is 1.09 bits per heavy atom. The van der Waals surface area contributed by atoms with E-state index >= 15 is 0 Å². The molecular weight excluding hydrogens is 511 g/mol. The highest BCUT2D eigenvalue weighted by Gasteiger charge is 2.23. The van der Waals surface area contributed by atoms with E-state index in [0.717, 1.165) is 31.4 Å². The lowest BCUT2D eigenvalue weighted by Gasteiger charge is -2.20. The molecule has 0 saturated carbocycles. The Balaban J connectivity index is -0.000000191. The number of carbonyl (C=O) groups is 2. The zero-order valence-electron chi connectivity index (χ0n) is 20.3. The van der Waals surface area contributed by atoms with Crippen LogP contribution in [-0.2, 0) is 18.7 Å². The number of hydrogen-bond donors (Lipinski definition) is 4. The highest BCUT2D eigenvalue weighted by atomic mass is 32.1. The lowest BCUT2D eigenvalue weighted by molar-refractivity contribution is -0.133. The number of ether oxygens (including phenoxy) is 1. The highest BCUT2D eigenvalue weighted by molar-refractivity contribution is 7.80. The fraction of sp³-hybridized carbons (Fsp3) is 0.800. The standard InChI is InChI=1S/C8H14N2OS.C6H15O.C5H8N2O2S.CH4.BF3.FH/c1-3-11-8-7(5-12)10-6(2)4-9-8;1-4-7(5-2)6-3;8-4-1-6-5(9)3(2-10)7-4;;2-1(3)4;/h7,12H,3-5H2,1-2H3;4-6H2,1-3H3;3,10H,1-2H2,(H,6,9)(H,7,8);1H4;;1H/q;+1;;;;/p-1/t7-;;3-;;;/m0.0.../s1. The first kappa shape index (κ1) is 40.7. The van der Waals surface area contributed by atoms with Crippen LogP contribution in [-0.4, -0.2) is 94.1 Å². The Morgan fingerprint density at radius 2 is 1.60 bits per heavy atom. The van der Waals surface area contributed by atoms with Crippen molar-refractivity contribution in [1.29, 1.82) is 0 Å². The smallest absolute Gasteiger partial charge is 0.762 e. The topological polar surface area (TPSA) is 94.8 Å². The normalized spacial score (nSPS) is 18.0. The lowest BCUT2D eigenvalue weighted by atomic mass is 10.2. The van der Waals surface area contributed by atoms with E-state index in [2.05, 4.69) is 71.0 Å². The third-order valence-electron chi connectivity index (χ3n) is 4.07. The first-order valence-corrected chi connectivity index (χ1v) is 11.9. The van der Waals surface area contributed by atoms with Crippen molar-refractivity contribution in [1.82, 2.24) is 10.6 Å². The van der Waals surface area contributed by atoms with Crippen molar-refractivity contribution < 1.29 is 36.3 Å². The van der Waals surface area contributed by atoms with Gasteiger partial charge < -0.3 is 24.4 Å². The Bertz CT molecular complexity index is 611. The van der Waals surface area contributed by atoms with Crippen molar-refractivity contribution in [3.8, 4) is 0 Å². The van der Waals surface area contributed by atoms with E-state index < -0.39 is 13.6 Å². The monoisotopic (exact) mass is 552 g/mol.